The highest BCUT2D eigenvalue weighted by Gasteiger charge is 2.26. The monoisotopic (exact) mass is 412 g/mol. The molecule has 0 bridgehead atoms. The minimum atomic E-state index is -1.61. The normalized spacial score (nSPS) is 16.0. The molecular weight excluding hydrogens is 373 g/mol. The molecule has 2 atom stereocenters. The van der Waals surface area contributed by atoms with Crippen molar-refractivity contribution in [1.29, 1.82) is 0 Å². The van der Waals surface area contributed by atoms with Crippen LogP contribution in [0.15, 0.2) is 0 Å². The van der Waals surface area contributed by atoms with E-state index in [2.05, 4.69) is 48.5 Å². The second-order valence-corrected chi connectivity index (χ2v) is 21.1. The van der Waals surface area contributed by atoms with Crippen LogP contribution in [-0.4, -0.2) is 45.9 Å². The van der Waals surface area contributed by atoms with Gasteiger partial charge in [-0.2, -0.15) is 0 Å². The fourth-order valence-corrected chi connectivity index (χ4v) is 19.9. The minimum absolute atomic E-state index is 1.02. The van der Waals surface area contributed by atoms with E-state index in [0.717, 1.165) is 18.1 Å². The lowest BCUT2D eigenvalue weighted by molar-refractivity contribution is 0.340. The van der Waals surface area contributed by atoms with E-state index in [4.69, 9.17) is 16.5 Å². The Bertz CT molecular complexity index is 244. The second kappa shape index (κ2) is 15.2. The van der Waals surface area contributed by atoms with E-state index in [1.807, 2.05) is 0 Å². The molecule has 0 aromatic rings. The zero-order valence-electron chi connectivity index (χ0n) is 16.5. The zero-order valence-corrected chi connectivity index (χ0v) is 22.2. The molecule has 4 nitrogen and oxygen atoms in total. The Labute approximate surface area is 153 Å². The lowest BCUT2D eigenvalue weighted by Crippen LogP contribution is -2.42. The molecule has 0 N–H and O–H groups in total. The molecule has 23 heavy (non-hydrogen) atoms. The van der Waals surface area contributed by atoms with Gasteiger partial charge in [-0.25, -0.2) is 0 Å². The molecule has 0 saturated carbocycles. The number of hydrogen-bond donors (Lipinski definition) is 0. The van der Waals surface area contributed by atoms with Gasteiger partial charge in [0.05, 0.1) is 0 Å². The van der Waals surface area contributed by atoms with Crippen molar-refractivity contribution in [2.24, 2.45) is 0 Å². The second-order valence-electron chi connectivity index (χ2n) is 5.93. The largest absolute Gasteiger partial charge is 0.441 e. The van der Waals surface area contributed by atoms with E-state index in [0.29, 0.717) is 0 Å². The molecule has 0 aliphatic rings. The summed E-state index contributed by atoms with van der Waals surface area (Å²) >= 11 is 0. The van der Waals surface area contributed by atoms with E-state index in [1.165, 1.54) is 24.2 Å². The topological polar surface area (TPSA) is 36.9 Å². The average Bonchev–Trinajstić information content (AvgIpc) is 2.60. The average molecular weight is 413 g/mol. The molecule has 0 radical (unpaired) electrons. The van der Waals surface area contributed by atoms with Gasteiger partial charge in [-0.15, -0.1) is 0 Å². The molecule has 0 aromatic heterocycles. The first-order valence-electron chi connectivity index (χ1n) is 9.69. The summed E-state index contributed by atoms with van der Waals surface area (Å²) in [5, 5.41) is 0. The van der Waals surface area contributed by atoms with Crippen molar-refractivity contribution in [2.45, 2.75) is 90.8 Å². The van der Waals surface area contributed by atoms with Crippen molar-refractivity contribution in [3.63, 3.8) is 0 Å². The lowest BCUT2D eigenvalue weighted by atomic mass is 11.0. The van der Waals surface area contributed by atoms with E-state index >= 15 is 0 Å². The molecule has 0 aliphatic heterocycles. The summed E-state index contributed by atoms with van der Waals surface area (Å²) < 4.78 is 25.5. The Morgan fingerprint density at radius 1 is 0.391 bits per heavy atom. The third-order valence-corrected chi connectivity index (χ3v) is 20.1. The van der Waals surface area contributed by atoms with Crippen molar-refractivity contribution in [3.05, 3.63) is 0 Å². The maximum absolute atomic E-state index is 6.40. The molecule has 0 spiro atoms. The van der Waals surface area contributed by atoms with Crippen molar-refractivity contribution in [2.75, 3.05) is 0 Å². The first-order chi connectivity index (χ1) is 11.1. The summed E-state index contributed by atoms with van der Waals surface area (Å²) in [6.07, 6.45) is 0. The van der Waals surface area contributed by atoms with E-state index in [9.17, 15) is 0 Å². The summed E-state index contributed by atoms with van der Waals surface area (Å²) in [6, 6.07) is 7.95. The van der Waals surface area contributed by atoms with Crippen LogP contribution in [0.25, 0.3) is 0 Å². The Hall–Kier alpha value is 0.924. The van der Waals surface area contributed by atoms with Crippen LogP contribution in [0.5, 0.6) is 0 Å². The SMILES string of the molecule is CC[SiH](CC)O[SiH](CC)O[SiH](CC)O[SiH](CC)O[SiH](CC)CC. The Morgan fingerprint density at radius 3 is 0.870 bits per heavy atom. The Balaban J connectivity index is 4.53. The van der Waals surface area contributed by atoms with Crippen molar-refractivity contribution in [1.82, 2.24) is 0 Å². The summed E-state index contributed by atoms with van der Waals surface area (Å²) in [6.45, 7) is 15.6. The third kappa shape index (κ3) is 10.5. The molecule has 9 heteroatoms. The molecule has 0 fully saturated rings. The van der Waals surface area contributed by atoms with Gasteiger partial charge in [0.15, 0.2) is 18.1 Å². The lowest BCUT2D eigenvalue weighted by Gasteiger charge is -2.29. The van der Waals surface area contributed by atoms with Gasteiger partial charge < -0.3 is 16.5 Å². The van der Waals surface area contributed by atoms with Crippen LogP contribution >= 0.6 is 0 Å². The molecule has 0 heterocycles. The molecule has 140 valence electrons. The van der Waals surface area contributed by atoms with Gasteiger partial charge in [0.25, 0.3) is 0 Å². The fraction of sp³-hybridized carbons (Fsp3) is 1.00. The van der Waals surface area contributed by atoms with E-state index in [1.54, 1.807) is 0 Å². The molecule has 0 amide bonds. The van der Waals surface area contributed by atoms with Crippen molar-refractivity contribution in [3.8, 4) is 0 Å². The molecule has 0 rings (SSSR count). The molecule has 0 aliphatic carbocycles. The quantitative estimate of drug-likeness (QED) is 0.387. The fourth-order valence-electron chi connectivity index (χ4n) is 2.40. The molecule has 0 saturated heterocycles. The summed E-state index contributed by atoms with van der Waals surface area (Å²) in [7, 11) is -6.71. The van der Waals surface area contributed by atoms with Crippen LogP contribution in [0, 0.1) is 0 Å². The number of rotatable bonds is 15. The van der Waals surface area contributed by atoms with E-state index in [-0.39, 0.29) is 0 Å². The van der Waals surface area contributed by atoms with Gasteiger partial charge in [0, 0.05) is 0 Å². The predicted molar refractivity (Wildman–Crippen MR) is 113 cm³/mol. The maximum atomic E-state index is 6.40. The van der Waals surface area contributed by atoms with Crippen molar-refractivity contribution >= 4 is 45.9 Å². The van der Waals surface area contributed by atoms with Gasteiger partial charge in [0.1, 0.15) is 0 Å². The first kappa shape index (κ1) is 23.9. The van der Waals surface area contributed by atoms with Gasteiger partial charge in [0.2, 0.25) is 0 Å². The zero-order chi connectivity index (χ0) is 17.7. The van der Waals surface area contributed by atoms with Crippen LogP contribution < -0.4 is 0 Å². The van der Waals surface area contributed by atoms with Gasteiger partial charge in [-0.3, -0.25) is 0 Å². The van der Waals surface area contributed by atoms with Crippen LogP contribution in [0.3, 0.4) is 0 Å². The standard InChI is InChI=1S/C14H40O4Si5/c1-8-19(9-2)15-21(12-5)17-23(14-7)18-22(13-6)16-20(10-3)11-4/h19-23H,8-14H2,1-7H3. The van der Waals surface area contributed by atoms with Gasteiger partial charge in [-0.1, -0.05) is 48.5 Å². The molecular formula is C14H40O4Si5. The minimum Gasteiger partial charge on any atom is -0.441 e. The smallest absolute Gasteiger partial charge is 0.303 e. The first-order valence-corrected chi connectivity index (χ1v) is 19.2. The molecule has 0 aromatic carbocycles. The van der Waals surface area contributed by atoms with Crippen LogP contribution in [0.4, 0.5) is 0 Å². The highest BCUT2D eigenvalue weighted by atomic mass is 28.4. The summed E-state index contributed by atoms with van der Waals surface area (Å²) in [5.41, 5.74) is 0. The Kier molecular flexibility index (Phi) is 15.8. The van der Waals surface area contributed by atoms with Crippen molar-refractivity contribution < 1.29 is 16.5 Å². The predicted octanol–water partition coefficient (Wildman–Crippen LogP) is 3.30. The molecule has 2 unspecified atom stereocenters. The third-order valence-electron chi connectivity index (χ3n) is 4.12. The van der Waals surface area contributed by atoms with E-state index < -0.39 is 45.9 Å². The maximum Gasteiger partial charge on any atom is 0.303 e. The Morgan fingerprint density at radius 2 is 0.652 bits per heavy atom. The highest BCUT2D eigenvalue weighted by molar-refractivity contribution is 6.71. The van der Waals surface area contributed by atoms with Gasteiger partial charge in [-0.05, 0) is 42.3 Å². The van der Waals surface area contributed by atoms with Crippen LogP contribution in [0.1, 0.15) is 48.5 Å². The summed E-state index contributed by atoms with van der Waals surface area (Å²) in [5.74, 6) is 0. The van der Waals surface area contributed by atoms with Crippen LogP contribution in [0.2, 0.25) is 42.3 Å². The van der Waals surface area contributed by atoms with Gasteiger partial charge >= 0.3 is 27.9 Å². The van der Waals surface area contributed by atoms with Crippen LogP contribution in [-0.2, 0) is 16.5 Å². The highest BCUT2D eigenvalue weighted by Crippen LogP contribution is 2.13. The summed E-state index contributed by atoms with van der Waals surface area (Å²) in [4.78, 5) is 0. The number of hydrogen-bond acceptors (Lipinski definition) is 4.